The molecule has 0 atom stereocenters. The van der Waals surface area contributed by atoms with Crippen molar-refractivity contribution in [3.05, 3.63) is 53.9 Å². The lowest BCUT2D eigenvalue weighted by Gasteiger charge is -2.39. The Kier molecular flexibility index (Phi) is 4.92. The molecule has 156 valence electrons. The Balaban J connectivity index is 1.34. The van der Waals surface area contributed by atoms with E-state index in [1.807, 2.05) is 0 Å². The fourth-order valence-electron chi connectivity index (χ4n) is 3.31. The highest BCUT2D eigenvalue weighted by atomic mass is 19.4. The van der Waals surface area contributed by atoms with Crippen molar-refractivity contribution in [2.24, 2.45) is 0 Å². The number of carbonyl (C=O) groups excluding carboxylic acids is 3. The monoisotopic (exact) mass is 419 g/mol. The van der Waals surface area contributed by atoms with Gasteiger partial charge >= 0.3 is 6.18 Å². The van der Waals surface area contributed by atoms with Gasteiger partial charge in [-0.3, -0.25) is 24.3 Å². The smallest absolute Gasteiger partial charge is 0.433 e. The van der Waals surface area contributed by atoms with E-state index in [1.54, 1.807) is 0 Å². The molecule has 0 aliphatic carbocycles. The van der Waals surface area contributed by atoms with Crippen molar-refractivity contribution in [2.45, 2.75) is 25.1 Å². The number of carbonyl (C=O) groups is 3. The summed E-state index contributed by atoms with van der Waals surface area (Å²) in [6.07, 6.45) is -3.60. The number of benzene rings is 1. The van der Waals surface area contributed by atoms with Gasteiger partial charge in [0, 0.05) is 30.7 Å². The third kappa shape index (κ3) is 3.85. The van der Waals surface area contributed by atoms with Crippen LogP contribution < -0.4 is 9.64 Å². The first-order chi connectivity index (χ1) is 14.2. The maximum atomic E-state index is 12.7. The second-order valence-electron chi connectivity index (χ2n) is 6.99. The topological polar surface area (TPSA) is 79.8 Å². The van der Waals surface area contributed by atoms with Gasteiger partial charge in [0.2, 0.25) is 11.8 Å². The Labute approximate surface area is 169 Å². The third-order valence-corrected chi connectivity index (χ3v) is 4.88. The quantitative estimate of drug-likeness (QED) is 0.712. The SMILES string of the molecule is O=C(c1ccc(N2C(=O)CCC2=O)cc1)N1CC(Oc2ccnc(C(F)(F)F)c2)C1. The van der Waals surface area contributed by atoms with Crippen LogP contribution in [0.2, 0.25) is 0 Å². The van der Waals surface area contributed by atoms with Gasteiger partial charge in [0.05, 0.1) is 18.8 Å². The minimum Gasteiger partial charge on any atom is -0.487 e. The highest BCUT2D eigenvalue weighted by Gasteiger charge is 2.35. The van der Waals surface area contributed by atoms with Crippen LogP contribution in [0.4, 0.5) is 18.9 Å². The van der Waals surface area contributed by atoms with E-state index in [0.717, 1.165) is 17.2 Å². The summed E-state index contributed by atoms with van der Waals surface area (Å²) < 4.78 is 43.6. The van der Waals surface area contributed by atoms with E-state index in [1.165, 1.54) is 35.2 Å². The molecule has 0 spiro atoms. The molecule has 0 saturated carbocycles. The van der Waals surface area contributed by atoms with Gasteiger partial charge in [0.15, 0.2) is 0 Å². The Morgan fingerprint density at radius 2 is 1.67 bits per heavy atom. The largest absolute Gasteiger partial charge is 0.487 e. The molecule has 2 aliphatic rings. The predicted octanol–water partition coefficient (Wildman–Crippen LogP) is 2.66. The van der Waals surface area contributed by atoms with Crippen molar-refractivity contribution < 1.29 is 32.3 Å². The number of nitrogens with zero attached hydrogens (tertiary/aromatic N) is 3. The van der Waals surface area contributed by atoms with Gasteiger partial charge < -0.3 is 9.64 Å². The zero-order valence-electron chi connectivity index (χ0n) is 15.6. The van der Waals surface area contributed by atoms with E-state index >= 15 is 0 Å². The van der Waals surface area contributed by atoms with Crippen LogP contribution in [0.1, 0.15) is 28.9 Å². The standard InChI is InChI=1S/C20H16F3N3O4/c21-20(22,23)16-9-14(7-8-24-16)30-15-10-25(11-15)19(29)12-1-3-13(4-2-12)26-17(27)5-6-18(26)28/h1-4,7-9,15H,5-6,10-11H2. The van der Waals surface area contributed by atoms with Crippen molar-refractivity contribution in [3.8, 4) is 5.75 Å². The highest BCUT2D eigenvalue weighted by molar-refractivity contribution is 6.19. The average Bonchev–Trinajstić information content (AvgIpc) is 3.02. The molecule has 2 fully saturated rings. The first kappa shape index (κ1) is 19.9. The number of halogens is 3. The lowest BCUT2D eigenvalue weighted by atomic mass is 10.1. The van der Waals surface area contributed by atoms with Crippen molar-refractivity contribution in [1.82, 2.24) is 9.88 Å². The number of alkyl halides is 3. The second kappa shape index (κ2) is 7.43. The summed E-state index contributed by atoms with van der Waals surface area (Å²) in [5.41, 5.74) is -0.246. The van der Waals surface area contributed by atoms with Crippen LogP contribution in [0.25, 0.3) is 0 Å². The third-order valence-electron chi connectivity index (χ3n) is 4.88. The van der Waals surface area contributed by atoms with Crippen LogP contribution >= 0.6 is 0 Å². The van der Waals surface area contributed by atoms with Crippen LogP contribution in [0.3, 0.4) is 0 Å². The molecule has 1 aromatic carbocycles. The van der Waals surface area contributed by atoms with Crippen molar-refractivity contribution in [2.75, 3.05) is 18.0 Å². The Bertz CT molecular complexity index is 985. The normalized spacial score (nSPS) is 17.3. The summed E-state index contributed by atoms with van der Waals surface area (Å²) in [6.45, 7) is 0.459. The molecule has 2 aromatic rings. The first-order valence-electron chi connectivity index (χ1n) is 9.17. The fraction of sp³-hybridized carbons (Fsp3) is 0.300. The van der Waals surface area contributed by atoms with Crippen LogP contribution in [0.5, 0.6) is 5.75 Å². The molecule has 30 heavy (non-hydrogen) atoms. The number of amides is 3. The number of pyridine rings is 1. The minimum absolute atomic E-state index is 0.0405. The summed E-state index contributed by atoms with van der Waals surface area (Å²) in [6, 6.07) is 8.30. The van der Waals surface area contributed by atoms with Gasteiger partial charge in [-0.1, -0.05) is 0 Å². The van der Waals surface area contributed by atoms with Crippen molar-refractivity contribution in [3.63, 3.8) is 0 Å². The number of imide groups is 1. The summed E-state index contributed by atoms with van der Waals surface area (Å²) in [7, 11) is 0. The van der Waals surface area contributed by atoms with Crippen molar-refractivity contribution >= 4 is 23.4 Å². The number of aromatic nitrogens is 1. The van der Waals surface area contributed by atoms with Gasteiger partial charge in [0.25, 0.3) is 5.91 Å². The molecule has 2 saturated heterocycles. The number of anilines is 1. The Hall–Kier alpha value is -3.43. The van der Waals surface area contributed by atoms with E-state index < -0.39 is 18.0 Å². The molecule has 7 nitrogen and oxygen atoms in total. The number of hydrogen-bond donors (Lipinski definition) is 0. The van der Waals surface area contributed by atoms with Gasteiger partial charge in [-0.15, -0.1) is 0 Å². The zero-order chi connectivity index (χ0) is 21.5. The molecular formula is C20H16F3N3O4. The maximum Gasteiger partial charge on any atom is 0.433 e. The van der Waals surface area contributed by atoms with Gasteiger partial charge in [0.1, 0.15) is 17.5 Å². The van der Waals surface area contributed by atoms with E-state index in [-0.39, 0.29) is 49.4 Å². The number of ether oxygens (including phenoxy) is 1. The van der Waals surface area contributed by atoms with Crippen molar-refractivity contribution in [1.29, 1.82) is 0 Å². The van der Waals surface area contributed by atoms with Gasteiger partial charge in [-0.05, 0) is 30.3 Å². The summed E-state index contributed by atoms with van der Waals surface area (Å²) >= 11 is 0. The highest BCUT2D eigenvalue weighted by Crippen LogP contribution is 2.30. The van der Waals surface area contributed by atoms with E-state index in [9.17, 15) is 27.6 Å². The van der Waals surface area contributed by atoms with Crippen LogP contribution in [0.15, 0.2) is 42.6 Å². The summed E-state index contributed by atoms with van der Waals surface area (Å²) in [5.74, 6) is -0.775. The van der Waals surface area contributed by atoms with E-state index in [0.29, 0.717) is 11.3 Å². The van der Waals surface area contributed by atoms with Gasteiger partial charge in [-0.2, -0.15) is 13.2 Å². The first-order valence-corrected chi connectivity index (χ1v) is 9.17. The molecule has 0 unspecified atom stereocenters. The van der Waals surface area contributed by atoms with E-state index in [2.05, 4.69) is 4.98 Å². The minimum atomic E-state index is -4.56. The second-order valence-corrected chi connectivity index (χ2v) is 6.99. The molecule has 3 amide bonds. The average molecular weight is 419 g/mol. The molecule has 0 radical (unpaired) electrons. The lowest BCUT2D eigenvalue weighted by Crippen LogP contribution is -2.56. The number of likely N-dealkylation sites (tertiary alicyclic amines) is 1. The van der Waals surface area contributed by atoms with Crippen LogP contribution in [0, 0.1) is 0 Å². The predicted molar refractivity (Wildman–Crippen MR) is 97.7 cm³/mol. The molecule has 4 rings (SSSR count). The summed E-state index contributed by atoms with van der Waals surface area (Å²) in [4.78, 5) is 42.0. The Morgan fingerprint density at radius 3 is 2.27 bits per heavy atom. The molecular weight excluding hydrogens is 403 g/mol. The van der Waals surface area contributed by atoms with Crippen LogP contribution in [-0.2, 0) is 15.8 Å². The summed E-state index contributed by atoms with van der Waals surface area (Å²) in [5, 5.41) is 0. The molecule has 0 N–H and O–H groups in total. The maximum absolute atomic E-state index is 12.7. The zero-order valence-corrected chi connectivity index (χ0v) is 15.6. The van der Waals surface area contributed by atoms with Gasteiger partial charge in [-0.25, -0.2) is 0 Å². The number of rotatable bonds is 4. The van der Waals surface area contributed by atoms with E-state index in [4.69, 9.17) is 4.74 Å². The molecule has 3 heterocycles. The Morgan fingerprint density at radius 1 is 1.03 bits per heavy atom. The fourth-order valence-corrected chi connectivity index (χ4v) is 3.31. The molecule has 0 bridgehead atoms. The number of hydrogen-bond acceptors (Lipinski definition) is 5. The molecule has 2 aliphatic heterocycles. The van der Waals surface area contributed by atoms with Crippen LogP contribution in [-0.4, -0.2) is 46.8 Å². The lowest BCUT2D eigenvalue weighted by molar-refractivity contribution is -0.141. The molecule has 10 heteroatoms. The molecule has 1 aromatic heterocycles.